The topological polar surface area (TPSA) is 79.0 Å². The van der Waals surface area contributed by atoms with E-state index in [2.05, 4.69) is 5.32 Å². The minimum atomic E-state index is -0.507. The SMILES string of the molecule is CC(C)(C)OC(=O)N1CCC(C(=O)NCCC(=O)N2CCCC2)CC1. The molecule has 0 aromatic rings. The summed E-state index contributed by atoms with van der Waals surface area (Å²) in [5.41, 5.74) is -0.507. The van der Waals surface area contributed by atoms with Crippen molar-refractivity contribution in [2.45, 2.75) is 58.5 Å². The summed E-state index contributed by atoms with van der Waals surface area (Å²) in [7, 11) is 0. The summed E-state index contributed by atoms with van der Waals surface area (Å²) in [6.45, 7) is 8.66. The van der Waals surface area contributed by atoms with Crippen LogP contribution in [0.3, 0.4) is 0 Å². The third-order valence-electron chi connectivity index (χ3n) is 4.61. The van der Waals surface area contributed by atoms with Crippen molar-refractivity contribution in [3.8, 4) is 0 Å². The van der Waals surface area contributed by atoms with Crippen molar-refractivity contribution in [1.29, 1.82) is 0 Å². The summed E-state index contributed by atoms with van der Waals surface area (Å²) in [4.78, 5) is 39.7. The maximum absolute atomic E-state index is 12.2. The molecule has 0 atom stereocenters. The van der Waals surface area contributed by atoms with E-state index in [4.69, 9.17) is 4.74 Å². The van der Waals surface area contributed by atoms with Crippen LogP contribution < -0.4 is 5.32 Å². The number of nitrogens with one attached hydrogen (secondary N) is 1. The second kappa shape index (κ2) is 8.54. The Balaban J connectivity index is 1.65. The van der Waals surface area contributed by atoms with Crippen molar-refractivity contribution >= 4 is 17.9 Å². The average molecular weight is 353 g/mol. The number of piperidine rings is 1. The number of amides is 3. The first-order valence-electron chi connectivity index (χ1n) is 9.30. The van der Waals surface area contributed by atoms with Crippen LogP contribution in [0.25, 0.3) is 0 Å². The van der Waals surface area contributed by atoms with Crippen LogP contribution >= 0.6 is 0 Å². The highest BCUT2D eigenvalue weighted by atomic mass is 16.6. The molecule has 0 aromatic heterocycles. The quantitative estimate of drug-likeness (QED) is 0.835. The highest BCUT2D eigenvalue weighted by molar-refractivity contribution is 5.81. The van der Waals surface area contributed by atoms with E-state index < -0.39 is 5.60 Å². The van der Waals surface area contributed by atoms with Gasteiger partial charge in [-0.05, 0) is 46.5 Å². The lowest BCUT2D eigenvalue weighted by molar-refractivity contribution is -0.130. The third-order valence-corrected chi connectivity index (χ3v) is 4.61. The van der Waals surface area contributed by atoms with Gasteiger partial charge < -0.3 is 19.9 Å². The van der Waals surface area contributed by atoms with E-state index in [-0.39, 0.29) is 23.8 Å². The molecule has 0 radical (unpaired) electrons. The van der Waals surface area contributed by atoms with E-state index in [0.29, 0.717) is 38.9 Å². The molecular formula is C18H31N3O4. The number of ether oxygens (including phenoxy) is 1. The Bertz CT molecular complexity index is 487. The van der Waals surface area contributed by atoms with E-state index in [1.54, 1.807) is 4.90 Å². The van der Waals surface area contributed by atoms with E-state index in [0.717, 1.165) is 25.9 Å². The fourth-order valence-corrected chi connectivity index (χ4v) is 3.21. The standard InChI is InChI=1S/C18H31N3O4/c1-18(2,3)25-17(24)21-12-7-14(8-13-21)16(23)19-9-6-15(22)20-10-4-5-11-20/h14H,4-13H2,1-3H3,(H,19,23). The Morgan fingerprint density at radius 2 is 1.60 bits per heavy atom. The van der Waals surface area contributed by atoms with E-state index in [1.807, 2.05) is 25.7 Å². The third kappa shape index (κ3) is 6.21. The van der Waals surface area contributed by atoms with Gasteiger partial charge in [0, 0.05) is 45.1 Å². The first-order valence-corrected chi connectivity index (χ1v) is 9.30. The predicted octanol–water partition coefficient (Wildman–Crippen LogP) is 1.76. The number of likely N-dealkylation sites (tertiary alicyclic amines) is 2. The Labute approximate surface area is 150 Å². The Kier molecular flexibility index (Phi) is 6.67. The Morgan fingerprint density at radius 3 is 2.16 bits per heavy atom. The van der Waals surface area contributed by atoms with Gasteiger partial charge in [0.1, 0.15) is 5.60 Å². The molecule has 7 nitrogen and oxygen atoms in total. The zero-order valence-electron chi connectivity index (χ0n) is 15.7. The van der Waals surface area contributed by atoms with Gasteiger partial charge in [0.15, 0.2) is 0 Å². The van der Waals surface area contributed by atoms with Crippen LogP contribution in [0.4, 0.5) is 4.79 Å². The van der Waals surface area contributed by atoms with Crippen LogP contribution in [0.2, 0.25) is 0 Å². The van der Waals surface area contributed by atoms with E-state index in [1.165, 1.54) is 0 Å². The lowest BCUT2D eigenvalue weighted by Crippen LogP contribution is -2.45. The van der Waals surface area contributed by atoms with Gasteiger partial charge in [-0.15, -0.1) is 0 Å². The highest BCUT2D eigenvalue weighted by Crippen LogP contribution is 2.20. The molecule has 0 bridgehead atoms. The van der Waals surface area contributed by atoms with E-state index in [9.17, 15) is 14.4 Å². The molecule has 0 saturated carbocycles. The van der Waals surface area contributed by atoms with Gasteiger partial charge in [0.2, 0.25) is 11.8 Å². The van der Waals surface area contributed by atoms with Gasteiger partial charge in [-0.1, -0.05) is 0 Å². The Morgan fingerprint density at radius 1 is 1.00 bits per heavy atom. The second-order valence-corrected chi connectivity index (χ2v) is 7.87. The highest BCUT2D eigenvalue weighted by Gasteiger charge is 2.29. The zero-order chi connectivity index (χ0) is 18.4. The number of nitrogens with zero attached hydrogens (tertiary/aromatic N) is 2. The molecule has 2 saturated heterocycles. The summed E-state index contributed by atoms with van der Waals surface area (Å²) in [5, 5.41) is 2.87. The van der Waals surface area contributed by atoms with Gasteiger partial charge in [0.25, 0.3) is 0 Å². The molecule has 7 heteroatoms. The first-order chi connectivity index (χ1) is 11.8. The number of carbonyl (C=O) groups is 3. The van der Waals surface area contributed by atoms with Crippen LogP contribution in [-0.2, 0) is 14.3 Å². The van der Waals surface area contributed by atoms with Crippen molar-refractivity contribution in [3.05, 3.63) is 0 Å². The van der Waals surface area contributed by atoms with Crippen molar-refractivity contribution in [3.63, 3.8) is 0 Å². The summed E-state index contributed by atoms with van der Waals surface area (Å²) in [6, 6.07) is 0. The normalized spacial score (nSPS) is 19.0. The molecule has 1 N–H and O–H groups in total. The minimum Gasteiger partial charge on any atom is -0.444 e. The van der Waals surface area contributed by atoms with Gasteiger partial charge in [-0.3, -0.25) is 9.59 Å². The van der Waals surface area contributed by atoms with Crippen molar-refractivity contribution in [2.24, 2.45) is 5.92 Å². The molecule has 2 aliphatic rings. The molecule has 0 aromatic carbocycles. The number of hydrogen-bond donors (Lipinski definition) is 1. The van der Waals surface area contributed by atoms with Crippen LogP contribution in [0.5, 0.6) is 0 Å². The molecule has 2 aliphatic heterocycles. The molecule has 0 aliphatic carbocycles. The molecule has 2 rings (SSSR count). The van der Waals surface area contributed by atoms with Crippen LogP contribution in [0.15, 0.2) is 0 Å². The molecule has 2 heterocycles. The molecule has 0 unspecified atom stereocenters. The van der Waals surface area contributed by atoms with E-state index >= 15 is 0 Å². The lowest BCUT2D eigenvalue weighted by Gasteiger charge is -2.32. The van der Waals surface area contributed by atoms with Crippen molar-refractivity contribution in [1.82, 2.24) is 15.1 Å². The maximum atomic E-state index is 12.2. The monoisotopic (exact) mass is 353 g/mol. The summed E-state index contributed by atoms with van der Waals surface area (Å²) in [6.07, 6.45) is 3.46. The van der Waals surface area contributed by atoms with Crippen molar-refractivity contribution in [2.75, 3.05) is 32.7 Å². The van der Waals surface area contributed by atoms with Crippen LogP contribution in [0.1, 0.15) is 52.9 Å². The van der Waals surface area contributed by atoms with Gasteiger partial charge in [0.05, 0.1) is 0 Å². The average Bonchev–Trinajstić information content (AvgIpc) is 3.07. The molecule has 3 amide bonds. The Hall–Kier alpha value is -1.79. The van der Waals surface area contributed by atoms with Gasteiger partial charge in [-0.25, -0.2) is 4.79 Å². The first kappa shape index (κ1) is 19.5. The second-order valence-electron chi connectivity index (χ2n) is 7.87. The predicted molar refractivity (Wildman–Crippen MR) is 94.0 cm³/mol. The molecule has 142 valence electrons. The number of hydrogen-bond acceptors (Lipinski definition) is 4. The minimum absolute atomic E-state index is 0.0157. The number of rotatable bonds is 4. The van der Waals surface area contributed by atoms with Gasteiger partial charge in [-0.2, -0.15) is 0 Å². The largest absolute Gasteiger partial charge is 0.444 e. The summed E-state index contributed by atoms with van der Waals surface area (Å²) in [5.74, 6) is 0.0104. The number of carbonyl (C=O) groups excluding carboxylic acids is 3. The lowest BCUT2D eigenvalue weighted by atomic mass is 9.96. The summed E-state index contributed by atoms with van der Waals surface area (Å²) >= 11 is 0. The fraction of sp³-hybridized carbons (Fsp3) is 0.833. The van der Waals surface area contributed by atoms with Gasteiger partial charge >= 0.3 is 6.09 Å². The fourth-order valence-electron chi connectivity index (χ4n) is 3.21. The maximum Gasteiger partial charge on any atom is 0.410 e. The zero-order valence-corrected chi connectivity index (χ0v) is 15.7. The van der Waals surface area contributed by atoms with Crippen LogP contribution in [0, 0.1) is 5.92 Å². The van der Waals surface area contributed by atoms with Crippen molar-refractivity contribution < 1.29 is 19.1 Å². The summed E-state index contributed by atoms with van der Waals surface area (Å²) < 4.78 is 5.36. The molecule has 25 heavy (non-hydrogen) atoms. The van der Waals surface area contributed by atoms with Crippen LogP contribution in [-0.4, -0.2) is 66.0 Å². The molecular weight excluding hydrogens is 322 g/mol. The molecule has 2 fully saturated rings. The smallest absolute Gasteiger partial charge is 0.410 e. The molecule has 0 spiro atoms.